The Balaban J connectivity index is 1.11. The lowest BCUT2D eigenvalue weighted by Crippen LogP contribution is -2.56. The van der Waals surface area contributed by atoms with Gasteiger partial charge in [0.05, 0.1) is 5.69 Å². The first-order valence-corrected chi connectivity index (χ1v) is 14.4. The minimum atomic E-state index is -0.0952. The van der Waals surface area contributed by atoms with Crippen LogP contribution < -0.4 is 5.32 Å². The van der Waals surface area contributed by atoms with Gasteiger partial charge in [0, 0.05) is 16.4 Å². The number of nitrogens with zero attached hydrogens (tertiary/aromatic N) is 1. The molecule has 1 heterocycles. The summed E-state index contributed by atoms with van der Waals surface area (Å²) in [5, 5.41) is 6.03. The molecule has 0 aliphatic heterocycles. The number of rotatable bonds is 5. The average molecular weight is 505 g/mol. The van der Waals surface area contributed by atoms with Crippen LogP contribution in [0.2, 0.25) is 0 Å². The fourth-order valence-electron chi connectivity index (χ4n) is 8.00. The second-order valence-corrected chi connectivity index (χ2v) is 12.7. The largest absolute Gasteiger partial charge is 0.298 e. The Kier molecular flexibility index (Phi) is 5.37. The molecule has 4 heteroatoms. The minimum absolute atomic E-state index is 0.0952. The topological polar surface area (TPSA) is 42.0 Å². The lowest BCUT2D eigenvalue weighted by molar-refractivity contribution is -0.0296. The quantitative estimate of drug-likeness (QED) is 0.298. The molecule has 4 saturated carbocycles. The molecule has 1 amide bonds. The summed E-state index contributed by atoms with van der Waals surface area (Å²) in [6, 6.07) is 27.4. The van der Waals surface area contributed by atoms with Gasteiger partial charge in [0.2, 0.25) is 0 Å². The van der Waals surface area contributed by atoms with Gasteiger partial charge in [-0.3, -0.25) is 10.1 Å². The highest BCUT2D eigenvalue weighted by molar-refractivity contribution is 7.14. The molecule has 4 fully saturated rings. The van der Waals surface area contributed by atoms with Crippen LogP contribution >= 0.6 is 11.3 Å². The van der Waals surface area contributed by atoms with E-state index in [2.05, 4.69) is 54.0 Å². The number of amides is 1. The smallest absolute Gasteiger partial charge is 0.257 e. The van der Waals surface area contributed by atoms with E-state index in [4.69, 9.17) is 4.98 Å². The Hall–Kier alpha value is -3.24. The van der Waals surface area contributed by atoms with E-state index in [1.807, 2.05) is 42.5 Å². The van der Waals surface area contributed by atoms with Gasteiger partial charge in [0.25, 0.3) is 5.91 Å². The molecule has 4 aliphatic carbocycles. The van der Waals surface area contributed by atoms with E-state index in [1.165, 1.54) is 55.3 Å². The molecule has 4 aliphatic rings. The van der Waals surface area contributed by atoms with Gasteiger partial charge in [-0.2, -0.15) is 0 Å². The third-order valence-corrected chi connectivity index (χ3v) is 10.0. The highest BCUT2D eigenvalue weighted by Crippen LogP contribution is 2.66. The van der Waals surface area contributed by atoms with E-state index >= 15 is 0 Å². The predicted molar refractivity (Wildman–Crippen MR) is 151 cm³/mol. The van der Waals surface area contributed by atoms with Crippen molar-refractivity contribution in [2.45, 2.75) is 56.3 Å². The number of hydrogen-bond acceptors (Lipinski definition) is 3. The molecule has 3 aromatic carbocycles. The standard InChI is InChI=1S/C33H32N2OS/c1-22-7-13-28(14-8-22)32-16-23-15-24(17-32)19-33(18-23,21-32)29-20-37-31(34-29)35-30(36)27-11-9-26(10-12-27)25-5-3-2-4-6-25/h2-14,20,23-24H,15-19,21H2,1H3,(H,34,35,36). The number of benzene rings is 3. The van der Waals surface area contributed by atoms with Crippen molar-refractivity contribution in [3.63, 3.8) is 0 Å². The molecular formula is C33H32N2OS. The van der Waals surface area contributed by atoms with E-state index in [1.54, 1.807) is 11.3 Å². The minimum Gasteiger partial charge on any atom is -0.298 e. The maximum absolute atomic E-state index is 13.0. The van der Waals surface area contributed by atoms with E-state index in [0.717, 1.165) is 23.0 Å². The molecule has 1 N–H and O–H groups in total. The lowest BCUT2D eigenvalue weighted by Gasteiger charge is -2.62. The number of aryl methyl sites for hydroxylation is 1. The molecule has 1 aromatic heterocycles. The fraction of sp³-hybridized carbons (Fsp3) is 0.333. The maximum atomic E-state index is 13.0. The molecule has 3 nitrogen and oxygen atoms in total. The molecule has 186 valence electrons. The second kappa shape index (κ2) is 8.66. The van der Waals surface area contributed by atoms with Crippen LogP contribution in [-0.2, 0) is 10.8 Å². The summed E-state index contributed by atoms with van der Waals surface area (Å²) < 4.78 is 0. The van der Waals surface area contributed by atoms with Gasteiger partial charge in [-0.05, 0) is 91.5 Å². The van der Waals surface area contributed by atoms with Crippen molar-refractivity contribution in [1.82, 2.24) is 4.98 Å². The first-order chi connectivity index (χ1) is 18.0. The van der Waals surface area contributed by atoms with Crippen molar-refractivity contribution >= 4 is 22.4 Å². The maximum Gasteiger partial charge on any atom is 0.257 e. The van der Waals surface area contributed by atoms with Crippen LogP contribution in [0, 0.1) is 18.8 Å². The molecule has 37 heavy (non-hydrogen) atoms. The van der Waals surface area contributed by atoms with Gasteiger partial charge in [-0.25, -0.2) is 4.98 Å². The first kappa shape index (κ1) is 22.9. The van der Waals surface area contributed by atoms with Crippen molar-refractivity contribution in [3.8, 4) is 11.1 Å². The van der Waals surface area contributed by atoms with Gasteiger partial charge in [-0.1, -0.05) is 72.3 Å². The number of hydrogen-bond donors (Lipinski definition) is 1. The number of nitrogens with one attached hydrogen (secondary N) is 1. The zero-order valence-corrected chi connectivity index (χ0v) is 22.1. The molecule has 8 rings (SSSR count). The van der Waals surface area contributed by atoms with Crippen molar-refractivity contribution in [3.05, 3.63) is 107 Å². The summed E-state index contributed by atoms with van der Waals surface area (Å²) in [5.41, 5.74) is 7.41. The van der Waals surface area contributed by atoms with Crippen LogP contribution in [0.25, 0.3) is 11.1 Å². The van der Waals surface area contributed by atoms with Crippen molar-refractivity contribution < 1.29 is 4.79 Å². The molecule has 4 aromatic rings. The van der Waals surface area contributed by atoms with Crippen LogP contribution in [0.15, 0.2) is 84.2 Å². The Bertz CT molecular complexity index is 1420. The molecule has 0 saturated heterocycles. The Morgan fingerprint density at radius 3 is 2.19 bits per heavy atom. The average Bonchev–Trinajstić information content (AvgIpc) is 3.38. The van der Waals surface area contributed by atoms with Gasteiger partial charge in [-0.15, -0.1) is 11.3 Å². The normalized spacial score (nSPS) is 27.8. The summed E-state index contributed by atoms with van der Waals surface area (Å²) in [6.07, 6.45) is 7.70. The Labute approximate surface area is 223 Å². The molecular weight excluding hydrogens is 472 g/mol. The molecule has 0 radical (unpaired) electrons. The summed E-state index contributed by atoms with van der Waals surface area (Å²) >= 11 is 1.58. The third-order valence-electron chi connectivity index (χ3n) is 9.25. The molecule has 2 unspecified atom stereocenters. The van der Waals surface area contributed by atoms with Gasteiger partial charge < -0.3 is 0 Å². The Morgan fingerprint density at radius 1 is 0.838 bits per heavy atom. The number of thiazole rings is 1. The van der Waals surface area contributed by atoms with Gasteiger partial charge in [0.1, 0.15) is 0 Å². The number of carbonyl (C=O) groups is 1. The van der Waals surface area contributed by atoms with Crippen LogP contribution in [-0.4, -0.2) is 10.9 Å². The van der Waals surface area contributed by atoms with Crippen LogP contribution in [0.4, 0.5) is 5.13 Å². The monoisotopic (exact) mass is 504 g/mol. The van der Waals surface area contributed by atoms with Crippen molar-refractivity contribution in [2.24, 2.45) is 11.8 Å². The lowest BCUT2D eigenvalue weighted by atomic mass is 9.42. The summed E-state index contributed by atoms with van der Waals surface area (Å²) in [7, 11) is 0. The summed E-state index contributed by atoms with van der Waals surface area (Å²) in [4.78, 5) is 18.1. The summed E-state index contributed by atoms with van der Waals surface area (Å²) in [5.74, 6) is 1.47. The van der Waals surface area contributed by atoms with E-state index in [0.29, 0.717) is 10.7 Å². The van der Waals surface area contributed by atoms with Crippen LogP contribution in [0.3, 0.4) is 0 Å². The SMILES string of the molecule is Cc1ccc(C23CC4CC(C2)CC(c2csc(NC(=O)c5ccc(-c6ccccc6)cc5)n2)(C4)C3)cc1. The number of aromatic nitrogens is 1. The van der Waals surface area contributed by atoms with Crippen LogP contribution in [0.5, 0.6) is 0 Å². The van der Waals surface area contributed by atoms with Crippen molar-refractivity contribution in [2.75, 3.05) is 5.32 Å². The molecule has 2 atom stereocenters. The number of carbonyl (C=O) groups excluding carboxylic acids is 1. The molecule has 4 bridgehead atoms. The highest BCUT2D eigenvalue weighted by Gasteiger charge is 2.59. The number of anilines is 1. The van der Waals surface area contributed by atoms with Gasteiger partial charge in [0.15, 0.2) is 5.13 Å². The second-order valence-electron chi connectivity index (χ2n) is 11.8. The van der Waals surface area contributed by atoms with Gasteiger partial charge >= 0.3 is 0 Å². The Morgan fingerprint density at radius 2 is 1.49 bits per heavy atom. The zero-order chi connectivity index (χ0) is 25.0. The van der Waals surface area contributed by atoms with E-state index in [-0.39, 0.29) is 16.7 Å². The zero-order valence-electron chi connectivity index (χ0n) is 21.2. The third kappa shape index (κ3) is 4.02. The van der Waals surface area contributed by atoms with E-state index < -0.39 is 0 Å². The van der Waals surface area contributed by atoms with E-state index in [9.17, 15) is 4.79 Å². The van der Waals surface area contributed by atoms with Crippen molar-refractivity contribution in [1.29, 1.82) is 0 Å². The summed E-state index contributed by atoms with van der Waals surface area (Å²) in [6.45, 7) is 2.17. The highest BCUT2D eigenvalue weighted by atomic mass is 32.1. The predicted octanol–water partition coefficient (Wildman–Crippen LogP) is 8.16. The molecule has 0 spiro atoms. The van der Waals surface area contributed by atoms with Crippen LogP contribution in [0.1, 0.15) is 65.7 Å². The first-order valence-electron chi connectivity index (χ1n) is 13.5. The fourth-order valence-corrected chi connectivity index (χ4v) is 8.82.